The predicted octanol–water partition coefficient (Wildman–Crippen LogP) is -0.303. The van der Waals surface area contributed by atoms with Gasteiger partial charge in [-0.15, -0.1) is 0 Å². The molecule has 0 saturated carbocycles. The lowest BCUT2D eigenvalue weighted by Crippen LogP contribution is -2.40. The van der Waals surface area contributed by atoms with E-state index in [4.69, 9.17) is 5.73 Å². The number of carbonyl (C=O) groups is 1. The molecule has 0 fully saturated rings. The number of hydrogen-bond donors (Lipinski definition) is 2. The first-order valence-corrected chi connectivity index (χ1v) is 4.10. The maximum atomic E-state index is 11.1. The molecule has 0 aliphatic carbocycles. The van der Waals surface area contributed by atoms with E-state index in [-0.39, 0.29) is 5.91 Å². The van der Waals surface area contributed by atoms with Gasteiger partial charge in [0, 0.05) is 19.4 Å². The molecule has 1 heterocycles. The van der Waals surface area contributed by atoms with E-state index in [0.717, 1.165) is 5.56 Å². The van der Waals surface area contributed by atoms with Crippen LogP contribution in [0.25, 0.3) is 0 Å². The van der Waals surface area contributed by atoms with Crippen molar-refractivity contribution in [2.24, 2.45) is 5.73 Å². The number of amides is 1. The summed E-state index contributed by atoms with van der Waals surface area (Å²) < 4.78 is 0. The van der Waals surface area contributed by atoms with Gasteiger partial charge >= 0.3 is 0 Å². The van der Waals surface area contributed by atoms with Crippen molar-refractivity contribution in [3.63, 3.8) is 0 Å². The van der Waals surface area contributed by atoms with Crippen molar-refractivity contribution in [2.45, 2.75) is 12.5 Å². The number of nitrogens with one attached hydrogen (secondary N) is 1. The molecule has 0 aliphatic heterocycles. The van der Waals surface area contributed by atoms with Gasteiger partial charge in [-0.1, -0.05) is 0 Å². The summed E-state index contributed by atoms with van der Waals surface area (Å²) in [5, 5.41) is 2.51. The Kier molecular flexibility index (Phi) is 3.40. The normalized spacial score (nSPS) is 12.2. The SMILES string of the molecule is CNC(=O)[C@@H](N)Cc1ccncc1. The Morgan fingerprint density at radius 2 is 2.23 bits per heavy atom. The first-order chi connectivity index (χ1) is 6.24. The standard InChI is InChI=1S/C9H13N3O/c1-11-9(13)8(10)6-7-2-4-12-5-3-7/h2-5,8H,6,10H2,1H3,(H,11,13)/t8-/m0/s1. The second-order valence-electron chi connectivity index (χ2n) is 2.78. The van der Waals surface area contributed by atoms with E-state index in [9.17, 15) is 4.79 Å². The van der Waals surface area contributed by atoms with E-state index >= 15 is 0 Å². The molecule has 70 valence electrons. The Morgan fingerprint density at radius 1 is 1.62 bits per heavy atom. The van der Waals surface area contributed by atoms with E-state index in [1.54, 1.807) is 19.4 Å². The first-order valence-electron chi connectivity index (χ1n) is 4.10. The van der Waals surface area contributed by atoms with E-state index in [1.165, 1.54) is 0 Å². The monoisotopic (exact) mass is 179 g/mol. The highest BCUT2D eigenvalue weighted by Crippen LogP contribution is 1.99. The largest absolute Gasteiger partial charge is 0.358 e. The molecule has 1 amide bonds. The van der Waals surface area contributed by atoms with Crippen LogP contribution in [0.15, 0.2) is 24.5 Å². The lowest BCUT2D eigenvalue weighted by Gasteiger charge is -2.08. The molecule has 4 heteroatoms. The number of aromatic nitrogens is 1. The molecule has 1 atom stereocenters. The fraction of sp³-hybridized carbons (Fsp3) is 0.333. The van der Waals surface area contributed by atoms with Gasteiger partial charge in [0.2, 0.25) is 5.91 Å². The van der Waals surface area contributed by atoms with Crippen LogP contribution >= 0.6 is 0 Å². The molecule has 4 nitrogen and oxygen atoms in total. The molecular formula is C9H13N3O. The fourth-order valence-electron chi connectivity index (χ4n) is 1.05. The van der Waals surface area contributed by atoms with E-state index in [2.05, 4.69) is 10.3 Å². The third-order valence-electron chi connectivity index (χ3n) is 1.79. The number of nitrogens with two attached hydrogens (primary N) is 1. The summed E-state index contributed by atoms with van der Waals surface area (Å²) in [5.41, 5.74) is 6.65. The summed E-state index contributed by atoms with van der Waals surface area (Å²) in [6.07, 6.45) is 3.92. The van der Waals surface area contributed by atoms with Gasteiger partial charge in [-0.05, 0) is 24.1 Å². The van der Waals surface area contributed by atoms with Gasteiger partial charge in [-0.25, -0.2) is 0 Å². The molecule has 0 aliphatic rings. The third-order valence-corrected chi connectivity index (χ3v) is 1.79. The number of carbonyl (C=O) groups excluding carboxylic acids is 1. The van der Waals surface area contributed by atoms with E-state index < -0.39 is 6.04 Å². The molecule has 0 saturated heterocycles. The van der Waals surface area contributed by atoms with Crippen LogP contribution < -0.4 is 11.1 Å². The maximum Gasteiger partial charge on any atom is 0.237 e. The molecular weight excluding hydrogens is 166 g/mol. The molecule has 0 aromatic carbocycles. The highest BCUT2D eigenvalue weighted by molar-refractivity contribution is 5.81. The second-order valence-corrected chi connectivity index (χ2v) is 2.78. The number of pyridine rings is 1. The Hall–Kier alpha value is -1.42. The molecule has 0 bridgehead atoms. The van der Waals surface area contributed by atoms with Crippen molar-refractivity contribution in [3.8, 4) is 0 Å². The highest BCUT2D eigenvalue weighted by atomic mass is 16.2. The van der Waals surface area contributed by atoms with Gasteiger partial charge in [0.25, 0.3) is 0 Å². The average Bonchev–Trinajstić information content (AvgIpc) is 2.18. The molecule has 3 N–H and O–H groups in total. The Balaban J connectivity index is 2.55. The number of likely N-dealkylation sites (N-methyl/N-ethyl adjacent to an activating group) is 1. The summed E-state index contributed by atoms with van der Waals surface area (Å²) in [4.78, 5) is 14.9. The molecule has 0 radical (unpaired) electrons. The Bertz CT molecular complexity index is 273. The first kappa shape index (κ1) is 9.67. The minimum atomic E-state index is -0.479. The van der Waals surface area contributed by atoms with Crippen LogP contribution in [0.4, 0.5) is 0 Å². The molecule has 13 heavy (non-hydrogen) atoms. The van der Waals surface area contributed by atoms with Gasteiger partial charge in [-0.3, -0.25) is 9.78 Å². The zero-order valence-corrected chi connectivity index (χ0v) is 7.53. The summed E-state index contributed by atoms with van der Waals surface area (Å²) in [6.45, 7) is 0. The number of nitrogens with zero attached hydrogens (tertiary/aromatic N) is 1. The smallest absolute Gasteiger partial charge is 0.237 e. The van der Waals surface area contributed by atoms with E-state index in [1.807, 2.05) is 12.1 Å². The van der Waals surface area contributed by atoms with Crippen LogP contribution in [-0.2, 0) is 11.2 Å². The zero-order valence-electron chi connectivity index (χ0n) is 7.53. The minimum Gasteiger partial charge on any atom is -0.358 e. The Morgan fingerprint density at radius 3 is 2.77 bits per heavy atom. The van der Waals surface area contributed by atoms with Gasteiger partial charge < -0.3 is 11.1 Å². The predicted molar refractivity (Wildman–Crippen MR) is 50.0 cm³/mol. The molecule has 0 spiro atoms. The molecule has 1 aromatic heterocycles. The second kappa shape index (κ2) is 4.57. The van der Waals surface area contributed by atoms with Crippen LogP contribution in [0.1, 0.15) is 5.56 Å². The van der Waals surface area contributed by atoms with Crippen molar-refractivity contribution >= 4 is 5.91 Å². The maximum absolute atomic E-state index is 11.1. The number of hydrogen-bond acceptors (Lipinski definition) is 3. The van der Waals surface area contributed by atoms with Crippen molar-refractivity contribution in [1.82, 2.24) is 10.3 Å². The Labute approximate surface area is 77.2 Å². The number of rotatable bonds is 3. The van der Waals surface area contributed by atoms with Crippen LogP contribution in [0, 0.1) is 0 Å². The van der Waals surface area contributed by atoms with Gasteiger partial charge in [0.15, 0.2) is 0 Å². The van der Waals surface area contributed by atoms with Gasteiger partial charge in [-0.2, -0.15) is 0 Å². The summed E-state index contributed by atoms with van der Waals surface area (Å²) in [6, 6.07) is 3.22. The van der Waals surface area contributed by atoms with Gasteiger partial charge in [0.05, 0.1) is 6.04 Å². The van der Waals surface area contributed by atoms with E-state index in [0.29, 0.717) is 6.42 Å². The van der Waals surface area contributed by atoms with Crippen molar-refractivity contribution in [2.75, 3.05) is 7.05 Å². The molecule has 0 unspecified atom stereocenters. The minimum absolute atomic E-state index is 0.142. The van der Waals surface area contributed by atoms with Crippen LogP contribution in [-0.4, -0.2) is 24.0 Å². The quantitative estimate of drug-likeness (QED) is 0.669. The summed E-state index contributed by atoms with van der Waals surface area (Å²) >= 11 is 0. The van der Waals surface area contributed by atoms with Crippen LogP contribution in [0.2, 0.25) is 0 Å². The lowest BCUT2D eigenvalue weighted by atomic mass is 10.1. The lowest BCUT2D eigenvalue weighted by molar-refractivity contribution is -0.121. The summed E-state index contributed by atoms with van der Waals surface area (Å²) in [5.74, 6) is -0.142. The summed E-state index contributed by atoms with van der Waals surface area (Å²) in [7, 11) is 1.58. The van der Waals surface area contributed by atoms with Crippen molar-refractivity contribution in [3.05, 3.63) is 30.1 Å². The van der Waals surface area contributed by atoms with Crippen LogP contribution in [0.5, 0.6) is 0 Å². The molecule has 1 rings (SSSR count). The van der Waals surface area contributed by atoms with Gasteiger partial charge in [0.1, 0.15) is 0 Å². The van der Waals surface area contributed by atoms with Crippen molar-refractivity contribution < 1.29 is 4.79 Å². The average molecular weight is 179 g/mol. The molecule has 1 aromatic rings. The van der Waals surface area contributed by atoms with Crippen LogP contribution in [0.3, 0.4) is 0 Å². The topological polar surface area (TPSA) is 68.0 Å². The fourth-order valence-corrected chi connectivity index (χ4v) is 1.05. The highest BCUT2D eigenvalue weighted by Gasteiger charge is 2.11. The van der Waals surface area contributed by atoms with Crippen molar-refractivity contribution in [1.29, 1.82) is 0 Å². The zero-order chi connectivity index (χ0) is 9.68. The third kappa shape index (κ3) is 2.83.